The molecule has 2 heterocycles. The van der Waals surface area contributed by atoms with E-state index < -0.39 is 0 Å². The number of aromatic nitrogens is 1. The van der Waals surface area contributed by atoms with Gasteiger partial charge in [0.15, 0.2) is 12.0 Å². The van der Waals surface area contributed by atoms with Gasteiger partial charge in [-0.2, -0.15) is 0 Å². The van der Waals surface area contributed by atoms with Gasteiger partial charge in [-0.1, -0.05) is 12.1 Å². The quantitative estimate of drug-likeness (QED) is 0.611. The number of allylic oxidation sites excluding steroid dienone is 1. The smallest absolute Gasteiger partial charge is 0.266 e. The van der Waals surface area contributed by atoms with Crippen LogP contribution in [0.5, 0.6) is 5.75 Å². The number of fused-ring (bicyclic) bond motifs is 3. The van der Waals surface area contributed by atoms with E-state index in [1.165, 1.54) is 4.57 Å². The predicted octanol–water partition coefficient (Wildman–Crippen LogP) is 2.28. The average molecular weight is 241 g/mol. The third-order valence-corrected chi connectivity index (χ3v) is 3.02. The summed E-state index contributed by atoms with van der Waals surface area (Å²) in [6.45, 7) is 2.40. The second-order valence-corrected chi connectivity index (χ2v) is 4.02. The standard InChI is InChI=1S/C14H11NO3/c1-2-18-13-10-5-3-4-6-11(10)15-12(13)7-9(8-16)14(15)17/h3-8H,2H2,1H3. The highest BCUT2D eigenvalue weighted by molar-refractivity contribution is 6.22. The number of rotatable bonds is 3. The van der Waals surface area contributed by atoms with Crippen molar-refractivity contribution < 1.29 is 14.3 Å². The summed E-state index contributed by atoms with van der Waals surface area (Å²) >= 11 is 0. The van der Waals surface area contributed by atoms with Gasteiger partial charge < -0.3 is 4.74 Å². The zero-order chi connectivity index (χ0) is 12.7. The monoisotopic (exact) mass is 241 g/mol. The maximum Gasteiger partial charge on any atom is 0.266 e. The Bertz CT molecular complexity index is 694. The molecular formula is C14H11NO3. The van der Waals surface area contributed by atoms with Crippen LogP contribution in [0.4, 0.5) is 0 Å². The van der Waals surface area contributed by atoms with Crippen molar-refractivity contribution in [2.45, 2.75) is 6.92 Å². The molecule has 1 aromatic carbocycles. The molecule has 1 aliphatic rings. The van der Waals surface area contributed by atoms with E-state index in [2.05, 4.69) is 0 Å². The Morgan fingerprint density at radius 1 is 1.33 bits per heavy atom. The number of nitrogens with zero attached hydrogens (tertiary/aromatic N) is 1. The normalized spacial score (nSPS) is 13.6. The van der Waals surface area contributed by atoms with E-state index in [1.54, 1.807) is 6.08 Å². The first-order chi connectivity index (χ1) is 8.77. The minimum atomic E-state index is -0.290. The molecular weight excluding hydrogens is 230 g/mol. The summed E-state index contributed by atoms with van der Waals surface area (Å²) < 4.78 is 7.14. The summed E-state index contributed by atoms with van der Waals surface area (Å²) in [6.07, 6.45) is 2.17. The Hall–Kier alpha value is -2.36. The second-order valence-electron chi connectivity index (χ2n) is 4.02. The molecule has 90 valence electrons. The Morgan fingerprint density at radius 2 is 2.11 bits per heavy atom. The predicted molar refractivity (Wildman–Crippen MR) is 67.8 cm³/mol. The van der Waals surface area contributed by atoms with Crippen molar-refractivity contribution in [2.75, 3.05) is 6.61 Å². The van der Waals surface area contributed by atoms with E-state index >= 15 is 0 Å². The van der Waals surface area contributed by atoms with Crippen molar-refractivity contribution >= 4 is 29.2 Å². The van der Waals surface area contributed by atoms with Crippen LogP contribution in [0.1, 0.15) is 17.4 Å². The van der Waals surface area contributed by atoms with Crippen LogP contribution in [0.25, 0.3) is 17.0 Å². The molecule has 0 aliphatic carbocycles. The van der Waals surface area contributed by atoms with Crippen LogP contribution in [0.15, 0.2) is 29.8 Å². The van der Waals surface area contributed by atoms with Gasteiger partial charge in [-0.15, -0.1) is 0 Å². The van der Waals surface area contributed by atoms with Crippen molar-refractivity contribution in [1.82, 2.24) is 4.57 Å². The van der Waals surface area contributed by atoms with E-state index in [0.29, 0.717) is 24.3 Å². The highest BCUT2D eigenvalue weighted by Gasteiger charge is 2.28. The van der Waals surface area contributed by atoms with Gasteiger partial charge in [0, 0.05) is 5.39 Å². The highest BCUT2D eigenvalue weighted by Crippen LogP contribution is 2.38. The number of aldehydes is 1. The zero-order valence-corrected chi connectivity index (χ0v) is 9.84. The SMILES string of the molecule is CCOc1c2n(c3ccccc13)C(=O)C(C=O)=C2. The maximum absolute atomic E-state index is 12.1. The second kappa shape index (κ2) is 3.84. The fourth-order valence-electron chi connectivity index (χ4n) is 2.30. The molecule has 3 rings (SSSR count). The van der Waals surface area contributed by atoms with Gasteiger partial charge in [-0.05, 0) is 25.1 Å². The first kappa shape index (κ1) is 10.8. The molecule has 1 aromatic heterocycles. The molecule has 4 heteroatoms. The molecule has 18 heavy (non-hydrogen) atoms. The lowest BCUT2D eigenvalue weighted by Gasteiger charge is -2.01. The van der Waals surface area contributed by atoms with Crippen LogP contribution < -0.4 is 4.74 Å². The van der Waals surface area contributed by atoms with Crippen LogP contribution >= 0.6 is 0 Å². The number of benzene rings is 1. The number of carbonyl (C=O) groups is 2. The third-order valence-electron chi connectivity index (χ3n) is 3.02. The summed E-state index contributed by atoms with van der Waals surface area (Å²) in [5.41, 5.74) is 1.59. The Labute approximate surface area is 103 Å². The molecule has 0 fully saturated rings. The molecule has 0 saturated carbocycles. The van der Waals surface area contributed by atoms with Gasteiger partial charge >= 0.3 is 0 Å². The minimum Gasteiger partial charge on any atom is -0.491 e. The lowest BCUT2D eigenvalue weighted by Crippen LogP contribution is -2.09. The van der Waals surface area contributed by atoms with Crippen LogP contribution in [0.3, 0.4) is 0 Å². The highest BCUT2D eigenvalue weighted by atomic mass is 16.5. The topological polar surface area (TPSA) is 48.3 Å². The third kappa shape index (κ3) is 1.26. The van der Waals surface area contributed by atoms with Crippen LogP contribution in [0.2, 0.25) is 0 Å². The molecule has 0 radical (unpaired) electrons. The maximum atomic E-state index is 12.1. The fourth-order valence-corrected chi connectivity index (χ4v) is 2.30. The number of hydrogen-bond donors (Lipinski definition) is 0. The molecule has 0 N–H and O–H groups in total. The van der Waals surface area contributed by atoms with Gasteiger partial charge in [0.05, 0.1) is 23.4 Å². The molecule has 0 saturated heterocycles. The van der Waals surface area contributed by atoms with Crippen molar-refractivity contribution in [3.8, 4) is 5.75 Å². The van der Waals surface area contributed by atoms with E-state index in [4.69, 9.17) is 4.74 Å². The van der Waals surface area contributed by atoms with Gasteiger partial charge in [-0.3, -0.25) is 14.2 Å². The number of ether oxygens (including phenoxy) is 1. The summed E-state index contributed by atoms with van der Waals surface area (Å²) in [7, 11) is 0. The average Bonchev–Trinajstić information content (AvgIpc) is 2.87. The molecule has 2 aromatic rings. The van der Waals surface area contributed by atoms with Crippen molar-refractivity contribution in [2.24, 2.45) is 0 Å². The minimum absolute atomic E-state index is 0.164. The van der Waals surface area contributed by atoms with Gasteiger partial charge in [0.25, 0.3) is 5.91 Å². The number of hydrogen-bond acceptors (Lipinski definition) is 3. The van der Waals surface area contributed by atoms with Gasteiger partial charge in [0.1, 0.15) is 0 Å². The fraction of sp³-hybridized carbons (Fsp3) is 0.143. The molecule has 0 spiro atoms. The Balaban J connectivity index is 2.37. The summed E-state index contributed by atoms with van der Waals surface area (Å²) in [4.78, 5) is 22.9. The first-order valence-corrected chi connectivity index (χ1v) is 5.75. The van der Waals surface area contributed by atoms with E-state index in [1.807, 2.05) is 31.2 Å². The van der Waals surface area contributed by atoms with E-state index in [0.717, 1.165) is 10.9 Å². The van der Waals surface area contributed by atoms with E-state index in [-0.39, 0.29) is 11.5 Å². The summed E-state index contributed by atoms with van der Waals surface area (Å²) in [6, 6.07) is 7.51. The van der Waals surface area contributed by atoms with E-state index in [9.17, 15) is 9.59 Å². The van der Waals surface area contributed by atoms with Crippen LogP contribution in [-0.2, 0) is 4.79 Å². The molecule has 1 aliphatic heterocycles. The molecule has 0 amide bonds. The lowest BCUT2D eigenvalue weighted by molar-refractivity contribution is -0.104. The first-order valence-electron chi connectivity index (χ1n) is 5.75. The lowest BCUT2D eigenvalue weighted by atomic mass is 10.2. The van der Waals surface area contributed by atoms with Crippen LogP contribution in [0, 0.1) is 0 Å². The van der Waals surface area contributed by atoms with Crippen molar-refractivity contribution in [3.05, 3.63) is 35.5 Å². The largest absolute Gasteiger partial charge is 0.491 e. The molecule has 0 bridgehead atoms. The Morgan fingerprint density at radius 3 is 2.83 bits per heavy atom. The van der Waals surface area contributed by atoms with Crippen molar-refractivity contribution in [3.63, 3.8) is 0 Å². The van der Waals surface area contributed by atoms with Crippen LogP contribution in [-0.4, -0.2) is 23.4 Å². The molecule has 0 atom stereocenters. The van der Waals surface area contributed by atoms with Crippen molar-refractivity contribution in [1.29, 1.82) is 0 Å². The van der Waals surface area contributed by atoms with Gasteiger partial charge in [0.2, 0.25) is 0 Å². The number of carbonyl (C=O) groups excluding carboxylic acids is 2. The number of para-hydroxylation sites is 1. The summed E-state index contributed by atoms with van der Waals surface area (Å²) in [5.74, 6) is 0.375. The Kier molecular flexibility index (Phi) is 2.30. The van der Waals surface area contributed by atoms with Gasteiger partial charge in [-0.25, -0.2) is 0 Å². The zero-order valence-electron chi connectivity index (χ0n) is 9.84. The molecule has 4 nitrogen and oxygen atoms in total. The molecule has 0 unspecified atom stereocenters. The summed E-state index contributed by atoms with van der Waals surface area (Å²) in [5, 5.41) is 0.892.